The van der Waals surface area contributed by atoms with E-state index in [1.54, 1.807) is 6.20 Å². The molecule has 3 aromatic heterocycles. The molecule has 1 N–H and O–H groups in total. The van der Waals surface area contributed by atoms with Crippen LogP contribution in [-0.2, 0) is 0 Å². The molecule has 0 saturated carbocycles. The number of rotatable bonds is 3. The van der Waals surface area contributed by atoms with Gasteiger partial charge < -0.3 is 5.32 Å². The Kier molecular flexibility index (Phi) is 4.01. The van der Waals surface area contributed by atoms with Crippen LogP contribution in [0.25, 0.3) is 17.0 Å². The molecule has 0 unspecified atom stereocenters. The van der Waals surface area contributed by atoms with Gasteiger partial charge >= 0.3 is 0 Å². The average molecular weight is 393 g/mol. The van der Waals surface area contributed by atoms with Crippen molar-refractivity contribution in [2.75, 3.05) is 5.32 Å². The van der Waals surface area contributed by atoms with Gasteiger partial charge in [-0.05, 0) is 65.2 Å². The van der Waals surface area contributed by atoms with Crippen molar-refractivity contribution in [3.8, 4) is 11.4 Å². The smallest absolute Gasteiger partial charge is 0.144 e. The summed E-state index contributed by atoms with van der Waals surface area (Å²) in [5.41, 5.74) is 6.03. The molecule has 1 aromatic carbocycles. The molecule has 0 spiro atoms. The predicted molar refractivity (Wildman–Crippen MR) is 105 cm³/mol. The third-order valence-electron chi connectivity index (χ3n) is 4.21. The van der Waals surface area contributed by atoms with E-state index < -0.39 is 0 Å². The SMILES string of the molecule is Cc1cccc(C)c1Nc1c(-c2ccccn2)nc2ccc(Br)cn12. The zero-order valence-electron chi connectivity index (χ0n) is 14.0. The lowest BCUT2D eigenvalue weighted by molar-refractivity contribution is 1.17. The number of anilines is 2. The molecule has 0 bridgehead atoms. The van der Waals surface area contributed by atoms with E-state index in [0.717, 1.165) is 33.0 Å². The fourth-order valence-electron chi connectivity index (χ4n) is 2.95. The van der Waals surface area contributed by atoms with E-state index in [0.29, 0.717) is 0 Å². The van der Waals surface area contributed by atoms with Gasteiger partial charge in [-0.15, -0.1) is 0 Å². The number of nitrogens with zero attached hydrogens (tertiary/aromatic N) is 3. The third kappa shape index (κ3) is 2.91. The molecule has 0 amide bonds. The van der Waals surface area contributed by atoms with Crippen LogP contribution < -0.4 is 5.32 Å². The van der Waals surface area contributed by atoms with Crippen LogP contribution in [0.2, 0.25) is 0 Å². The van der Waals surface area contributed by atoms with Crippen molar-refractivity contribution < 1.29 is 0 Å². The van der Waals surface area contributed by atoms with E-state index >= 15 is 0 Å². The minimum absolute atomic E-state index is 0.835. The molecule has 4 nitrogen and oxygen atoms in total. The lowest BCUT2D eigenvalue weighted by atomic mass is 10.1. The third-order valence-corrected chi connectivity index (χ3v) is 4.68. The van der Waals surface area contributed by atoms with Gasteiger partial charge in [0, 0.05) is 22.6 Å². The Bertz CT molecular complexity index is 1030. The van der Waals surface area contributed by atoms with Gasteiger partial charge in [0.15, 0.2) is 0 Å². The number of benzene rings is 1. The summed E-state index contributed by atoms with van der Waals surface area (Å²) in [7, 11) is 0. The van der Waals surface area contributed by atoms with Crippen LogP contribution in [0.5, 0.6) is 0 Å². The summed E-state index contributed by atoms with van der Waals surface area (Å²) in [6, 6.07) is 16.1. The van der Waals surface area contributed by atoms with Crippen molar-refractivity contribution in [1.82, 2.24) is 14.4 Å². The van der Waals surface area contributed by atoms with Gasteiger partial charge in [0.2, 0.25) is 0 Å². The van der Waals surface area contributed by atoms with E-state index in [1.807, 2.05) is 36.5 Å². The van der Waals surface area contributed by atoms with Crippen molar-refractivity contribution in [3.63, 3.8) is 0 Å². The predicted octanol–water partition coefficient (Wildman–Crippen LogP) is 5.52. The highest BCUT2D eigenvalue weighted by Crippen LogP contribution is 2.33. The first-order valence-corrected chi connectivity index (χ1v) is 8.85. The maximum Gasteiger partial charge on any atom is 0.144 e. The molecule has 0 aliphatic rings. The number of hydrogen-bond acceptors (Lipinski definition) is 3. The Hall–Kier alpha value is -2.66. The quantitative estimate of drug-likeness (QED) is 0.499. The Morgan fingerprint density at radius 1 is 0.960 bits per heavy atom. The molecule has 0 radical (unpaired) electrons. The Balaban J connectivity index is 1.96. The second-order valence-electron chi connectivity index (χ2n) is 5.99. The Labute approximate surface area is 154 Å². The van der Waals surface area contributed by atoms with Crippen molar-refractivity contribution in [1.29, 1.82) is 0 Å². The van der Waals surface area contributed by atoms with Gasteiger partial charge in [-0.2, -0.15) is 0 Å². The van der Waals surface area contributed by atoms with Crippen LogP contribution >= 0.6 is 15.9 Å². The molecule has 3 heterocycles. The maximum absolute atomic E-state index is 4.80. The molecule has 0 aliphatic heterocycles. The normalized spacial score (nSPS) is 11.0. The molecule has 0 saturated heterocycles. The number of pyridine rings is 2. The van der Waals surface area contributed by atoms with Crippen LogP contribution in [-0.4, -0.2) is 14.4 Å². The number of aryl methyl sites for hydroxylation is 2. The Morgan fingerprint density at radius 2 is 1.76 bits per heavy atom. The second kappa shape index (κ2) is 6.33. The molecule has 4 aromatic rings. The molecule has 5 heteroatoms. The number of halogens is 1. The average Bonchev–Trinajstić information content (AvgIpc) is 2.97. The molecular formula is C20H17BrN4. The van der Waals surface area contributed by atoms with E-state index in [2.05, 4.69) is 62.7 Å². The summed E-state index contributed by atoms with van der Waals surface area (Å²) in [6.07, 6.45) is 3.81. The number of imidazole rings is 1. The molecular weight excluding hydrogens is 376 g/mol. The highest BCUT2D eigenvalue weighted by molar-refractivity contribution is 9.10. The lowest BCUT2D eigenvalue weighted by Gasteiger charge is -2.14. The monoisotopic (exact) mass is 392 g/mol. The van der Waals surface area contributed by atoms with E-state index in [9.17, 15) is 0 Å². The number of nitrogens with one attached hydrogen (secondary N) is 1. The summed E-state index contributed by atoms with van der Waals surface area (Å²) >= 11 is 3.55. The van der Waals surface area contributed by atoms with Gasteiger partial charge in [0.25, 0.3) is 0 Å². The minimum Gasteiger partial charge on any atom is -0.339 e. The molecule has 0 aliphatic carbocycles. The first-order valence-electron chi connectivity index (χ1n) is 8.06. The first-order chi connectivity index (χ1) is 12.1. The van der Waals surface area contributed by atoms with Crippen LogP contribution in [0, 0.1) is 13.8 Å². The van der Waals surface area contributed by atoms with Crippen molar-refractivity contribution in [3.05, 3.63) is 76.5 Å². The molecule has 0 atom stereocenters. The molecule has 25 heavy (non-hydrogen) atoms. The fourth-order valence-corrected chi connectivity index (χ4v) is 3.29. The van der Waals surface area contributed by atoms with E-state index in [4.69, 9.17) is 4.98 Å². The summed E-state index contributed by atoms with van der Waals surface area (Å²) in [4.78, 5) is 9.28. The van der Waals surface area contributed by atoms with Crippen molar-refractivity contribution in [2.45, 2.75) is 13.8 Å². The largest absolute Gasteiger partial charge is 0.339 e. The first kappa shape index (κ1) is 15.8. The van der Waals surface area contributed by atoms with Gasteiger partial charge in [0.1, 0.15) is 17.2 Å². The van der Waals surface area contributed by atoms with E-state index in [-0.39, 0.29) is 0 Å². The summed E-state index contributed by atoms with van der Waals surface area (Å²) < 4.78 is 3.05. The van der Waals surface area contributed by atoms with Gasteiger partial charge in [0.05, 0.1) is 5.69 Å². The zero-order chi connectivity index (χ0) is 17.4. The summed E-state index contributed by atoms with van der Waals surface area (Å²) in [5, 5.41) is 3.60. The summed E-state index contributed by atoms with van der Waals surface area (Å²) in [6.45, 7) is 4.21. The van der Waals surface area contributed by atoms with Crippen LogP contribution in [0.1, 0.15) is 11.1 Å². The number of aromatic nitrogens is 3. The number of para-hydroxylation sites is 1. The standard InChI is InChI=1S/C20H17BrN4/c1-13-6-5-7-14(2)18(13)24-20-19(16-8-3-4-11-22-16)23-17-10-9-15(21)12-25(17)20/h3-12,24H,1-2H3. The molecule has 4 rings (SSSR count). The molecule has 0 fully saturated rings. The van der Waals surface area contributed by atoms with Gasteiger partial charge in [-0.25, -0.2) is 4.98 Å². The van der Waals surface area contributed by atoms with Crippen LogP contribution in [0.3, 0.4) is 0 Å². The molecule has 124 valence electrons. The van der Waals surface area contributed by atoms with Gasteiger partial charge in [-0.3, -0.25) is 9.38 Å². The lowest BCUT2D eigenvalue weighted by Crippen LogP contribution is -2.01. The number of fused-ring (bicyclic) bond motifs is 1. The van der Waals surface area contributed by atoms with Crippen LogP contribution in [0.4, 0.5) is 11.5 Å². The maximum atomic E-state index is 4.80. The zero-order valence-corrected chi connectivity index (χ0v) is 15.6. The highest BCUT2D eigenvalue weighted by atomic mass is 79.9. The minimum atomic E-state index is 0.835. The van der Waals surface area contributed by atoms with Crippen molar-refractivity contribution >= 4 is 33.1 Å². The Morgan fingerprint density at radius 3 is 2.48 bits per heavy atom. The van der Waals surface area contributed by atoms with Crippen LogP contribution in [0.15, 0.2) is 65.4 Å². The van der Waals surface area contributed by atoms with E-state index in [1.165, 1.54) is 11.1 Å². The highest BCUT2D eigenvalue weighted by Gasteiger charge is 2.16. The fraction of sp³-hybridized carbons (Fsp3) is 0.100. The second-order valence-corrected chi connectivity index (χ2v) is 6.91. The number of hydrogen-bond donors (Lipinski definition) is 1. The van der Waals surface area contributed by atoms with Crippen molar-refractivity contribution in [2.24, 2.45) is 0 Å². The summed E-state index contributed by atoms with van der Waals surface area (Å²) in [5.74, 6) is 0.910. The topological polar surface area (TPSA) is 42.2 Å². The van der Waals surface area contributed by atoms with Gasteiger partial charge in [-0.1, -0.05) is 24.3 Å².